The molecule has 0 spiro atoms. The normalized spacial score (nSPS) is 17.2. The fourth-order valence-electron chi connectivity index (χ4n) is 3.01. The van der Waals surface area contributed by atoms with Crippen molar-refractivity contribution in [2.45, 2.75) is 36.5 Å². The Morgan fingerprint density at radius 3 is 1.68 bits per heavy atom. The van der Waals surface area contributed by atoms with Crippen molar-refractivity contribution in [1.82, 2.24) is 9.97 Å². The van der Waals surface area contributed by atoms with E-state index in [0.29, 0.717) is 12.8 Å². The van der Waals surface area contributed by atoms with Gasteiger partial charge in [0.25, 0.3) is 0 Å². The summed E-state index contributed by atoms with van der Waals surface area (Å²) in [4.78, 5) is 30.4. The first kappa shape index (κ1) is 24.1. The number of ether oxygens (including phenoxy) is 1. The number of halogens is 2. The standard InChI is InChI=1S/C10H10BrNO2.C9H8BrNO2.K/c1-14-9(13)10(2-3-10)7-4-8(11)6-12-5-7;10-7-3-6(4-11-5-7)9(1-2-9)8(12)13;/h4-6H,2-3H2,1H3;3-5H,1-2H2,(H,12,13);/q;;+1/p-1. The quantitative estimate of drug-likeness (QED) is 0.393. The van der Waals surface area contributed by atoms with Crippen molar-refractivity contribution in [1.29, 1.82) is 0 Å². The Balaban J connectivity index is 0.000000194. The molecule has 0 atom stereocenters. The monoisotopic (exact) mass is 534 g/mol. The third-order valence-corrected chi connectivity index (χ3v) is 5.85. The summed E-state index contributed by atoms with van der Waals surface area (Å²) in [6.45, 7) is 0. The van der Waals surface area contributed by atoms with Gasteiger partial charge in [-0.1, -0.05) is 0 Å². The van der Waals surface area contributed by atoms with Gasteiger partial charge in [-0.05, 0) is 80.8 Å². The van der Waals surface area contributed by atoms with E-state index in [1.54, 1.807) is 30.9 Å². The smallest absolute Gasteiger partial charge is 0.549 e. The molecule has 2 aromatic heterocycles. The summed E-state index contributed by atoms with van der Waals surface area (Å²) in [6.07, 6.45) is 9.70. The number of carbonyl (C=O) groups excluding carboxylic acids is 2. The van der Waals surface area contributed by atoms with Crippen molar-refractivity contribution in [3.8, 4) is 0 Å². The van der Waals surface area contributed by atoms with Crippen LogP contribution in [0.1, 0.15) is 36.8 Å². The molecule has 142 valence electrons. The van der Waals surface area contributed by atoms with Crippen LogP contribution in [0.25, 0.3) is 0 Å². The van der Waals surface area contributed by atoms with Crippen LogP contribution < -0.4 is 56.5 Å². The fraction of sp³-hybridized carbons (Fsp3) is 0.368. The Labute approximate surface area is 222 Å². The predicted octanol–water partition coefficient (Wildman–Crippen LogP) is -0.322. The number of carbonyl (C=O) groups is 2. The minimum atomic E-state index is -0.993. The molecule has 0 aromatic carbocycles. The number of carboxylic acids is 1. The maximum absolute atomic E-state index is 11.5. The molecule has 6 nitrogen and oxygen atoms in total. The average molecular weight is 536 g/mol. The molecule has 0 radical (unpaired) electrons. The van der Waals surface area contributed by atoms with Crippen molar-refractivity contribution >= 4 is 43.8 Å². The van der Waals surface area contributed by atoms with Crippen molar-refractivity contribution in [2.24, 2.45) is 0 Å². The molecule has 2 heterocycles. The summed E-state index contributed by atoms with van der Waals surface area (Å²) in [5.74, 6) is -1.15. The second-order valence-corrected chi connectivity index (χ2v) is 8.56. The number of rotatable bonds is 4. The van der Waals surface area contributed by atoms with E-state index in [1.165, 1.54) is 7.11 Å². The third-order valence-electron chi connectivity index (χ3n) is 4.98. The molecule has 0 N–H and O–H groups in total. The van der Waals surface area contributed by atoms with E-state index in [-0.39, 0.29) is 57.4 Å². The van der Waals surface area contributed by atoms with Gasteiger partial charge >= 0.3 is 57.4 Å². The van der Waals surface area contributed by atoms with E-state index < -0.39 is 16.8 Å². The Bertz CT molecular complexity index is 886. The van der Waals surface area contributed by atoms with Gasteiger partial charge in [0.2, 0.25) is 0 Å². The Morgan fingerprint density at radius 1 is 0.929 bits per heavy atom. The Morgan fingerprint density at radius 2 is 1.36 bits per heavy atom. The first-order valence-corrected chi connectivity index (χ1v) is 9.95. The van der Waals surface area contributed by atoms with Crippen LogP contribution in [0.5, 0.6) is 0 Å². The predicted molar refractivity (Wildman–Crippen MR) is 103 cm³/mol. The zero-order chi connectivity index (χ0) is 19.7. The molecule has 28 heavy (non-hydrogen) atoms. The van der Waals surface area contributed by atoms with E-state index in [0.717, 1.165) is 32.9 Å². The molecule has 2 aliphatic rings. The van der Waals surface area contributed by atoms with Crippen LogP contribution in [-0.2, 0) is 25.2 Å². The summed E-state index contributed by atoms with van der Waals surface area (Å²) in [5, 5.41) is 10.8. The van der Waals surface area contributed by atoms with Gasteiger partial charge in [-0.25, -0.2) is 0 Å². The number of aliphatic carboxylic acids is 1. The van der Waals surface area contributed by atoms with Crippen LogP contribution in [0.4, 0.5) is 0 Å². The second kappa shape index (κ2) is 9.76. The van der Waals surface area contributed by atoms with E-state index in [2.05, 4.69) is 41.8 Å². The van der Waals surface area contributed by atoms with Gasteiger partial charge in [0, 0.05) is 39.1 Å². The number of carboxylic acid groups (broad SMARTS) is 1. The number of nitrogens with zero attached hydrogens (tertiary/aromatic N) is 2. The summed E-state index contributed by atoms with van der Waals surface area (Å²) in [6, 6.07) is 3.72. The van der Waals surface area contributed by atoms with Gasteiger partial charge < -0.3 is 14.6 Å². The van der Waals surface area contributed by atoms with Gasteiger partial charge in [-0.3, -0.25) is 14.8 Å². The van der Waals surface area contributed by atoms with Crippen LogP contribution in [0.15, 0.2) is 45.9 Å². The minimum absolute atomic E-state index is 0. The molecular formula is C19H17Br2KN2O4. The van der Waals surface area contributed by atoms with Crippen LogP contribution in [0, 0.1) is 0 Å². The summed E-state index contributed by atoms with van der Waals surface area (Å²) < 4.78 is 6.49. The largest absolute Gasteiger partial charge is 1.00 e. The number of hydrogen-bond acceptors (Lipinski definition) is 6. The molecule has 0 amide bonds. The first-order chi connectivity index (χ1) is 12.8. The second-order valence-electron chi connectivity index (χ2n) is 6.73. The van der Waals surface area contributed by atoms with Gasteiger partial charge in [-0.15, -0.1) is 0 Å². The molecule has 0 bridgehead atoms. The number of esters is 1. The number of aromatic nitrogens is 2. The van der Waals surface area contributed by atoms with Gasteiger partial charge in [0.15, 0.2) is 0 Å². The molecule has 2 aliphatic carbocycles. The third kappa shape index (κ3) is 5.11. The number of methoxy groups -OCH3 is 1. The molecule has 9 heteroatoms. The van der Waals surface area contributed by atoms with Gasteiger partial charge in [0.1, 0.15) is 0 Å². The molecule has 0 saturated heterocycles. The van der Waals surface area contributed by atoms with Gasteiger partial charge in [-0.2, -0.15) is 0 Å². The van der Waals surface area contributed by atoms with Crippen LogP contribution >= 0.6 is 31.9 Å². The molecule has 2 aromatic rings. The topological polar surface area (TPSA) is 92.2 Å². The number of hydrogen-bond donors (Lipinski definition) is 0. The van der Waals surface area contributed by atoms with Crippen molar-refractivity contribution in [3.05, 3.63) is 57.0 Å². The average Bonchev–Trinajstić information content (AvgIpc) is 3.55. The molecule has 0 aliphatic heterocycles. The van der Waals surface area contributed by atoms with Crippen molar-refractivity contribution < 1.29 is 70.8 Å². The fourth-order valence-corrected chi connectivity index (χ4v) is 3.74. The summed E-state index contributed by atoms with van der Waals surface area (Å²) in [7, 11) is 1.42. The summed E-state index contributed by atoms with van der Waals surface area (Å²) >= 11 is 6.59. The van der Waals surface area contributed by atoms with E-state index in [1.807, 2.05) is 6.07 Å². The maximum Gasteiger partial charge on any atom is 1.00 e. The van der Waals surface area contributed by atoms with Crippen molar-refractivity contribution in [2.75, 3.05) is 7.11 Å². The maximum atomic E-state index is 11.5. The Kier molecular flexibility index (Phi) is 8.41. The molecule has 0 unspecified atom stereocenters. The molecule has 4 rings (SSSR count). The van der Waals surface area contributed by atoms with E-state index in [9.17, 15) is 14.7 Å². The molecular weight excluding hydrogens is 519 g/mol. The number of pyridine rings is 2. The minimum Gasteiger partial charge on any atom is -0.549 e. The van der Waals surface area contributed by atoms with E-state index in [4.69, 9.17) is 4.74 Å². The zero-order valence-electron chi connectivity index (χ0n) is 15.6. The summed E-state index contributed by atoms with van der Waals surface area (Å²) in [5.41, 5.74) is 0.517. The zero-order valence-corrected chi connectivity index (χ0v) is 21.9. The van der Waals surface area contributed by atoms with Gasteiger partial charge in [0.05, 0.1) is 18.5 Å². The SMILES string of the molecule is COC(=O)C1(c2cncc(Br)c2)CC1.O=C([O-])C1(c2cncc(Br)c2)CC1.[K+]. The van der Waals surface area contributed by atoms with Crippen LogP contribution in [0.3, 0.4) is 0 Å². The molecule has 2 fully saturated rings. The van der Waals surface area contributed by atoms with Crippen LogP contribution in [-0.4, -0.2) is 29.0 Å². The molecule has 2 saturated carbocycles. The van der Waals surface area contributed by atoms with E-state index >= 15 is 0 Å². The van der Waals surface area contributed by atoms with Crippen LogP contribution in [0.2, 0.25) is 0 Å². The Hall–Kier alpha value is -0.164. The van der Waals surface area contributed by atoms with Crippen molar-refractivity contribution in [3.63, 3.8) is 0 Å². The first-order valence-electron chi connectivity index (χ1n) is 8.36.